The van der Waals surface area contributed by atoms with Crippen LogP contribution < -0.4 is 4.90 Å². The van der Waals surface area contributed by atoms with Crippen LogP contribution in [0.15, 0.2) is 18.5 Å². The molecule has 1 fully saturated rings. The summed E-state index contributed by atoms with van der Waals surface area (Å²) in [5.74, 6) is 1.68. The number of anilines is 1. The summed E-state index contributed by atoms with van der Waals surface area (Å²) < 4.78 is 0. The van der Waals surface area contributed by atoms with Gasteiger partial charge in [0, 0.05) is 43.9 Å². The molecule has 19 heavy (non-hydrogen) atoms. The van der Waals surface area contributed by atoms with Crippen LogP contribution in [0.2, 0.25) is 0 Å². The third kappa shape index (κ3) is 4.73. The molecule has 1 aliphatic heterocycles. The smallest absolute Gasteiger partial charge is 0.225 e. The van der Waals surface area contributed by atoms with Gasteiger partial charge in [0.2, 0.25) is 5.95 Å². The van der Waals surface area contributed by atoms with E-state index in [0.717, 1.165) is 43.4 Å². The SMILES string of the molecule is CC(CCBr)CCN1CCN(c2ncccn2)CC1. The first-order chi connectivity index (χ1) is 9.29. The van der Waals surface area contributed by atoms with Crippen LogP contribution in [0.3, 0.4) is 0 Å². The first-order valence-corrected chi connectivity index (χ1v) is 8.22. The monoisotopic (exact) mass is 326 g/mol. The van der Waals surface area contributed by atoms with Crippen molar-refractivity contribution in [1.82, 2.24) is 14.9 Å². The summed E-state index contributed by atoms with van der Waals surface area (Å²) in [4.78, 5) is 13.5. The van der Waals surface area contributed by atoms with E-state index in [-0.39, 0.29) is 0 Å². The van der Waals surface area contributed by atoms with Crippen LogP contribution in [-0.2, 0) is 0 Å². The lowest BCUT2D eigenvalue weighted by Crippen LogP contribution is -2.47. The van der Waals surface area contributed by atoms with Gasteiger partial charge >= 0.3 is 0 Å². The van der Waals surface area contributed by atoms with Crippen molar-refractivity contribution in [2.24, 2.45) is 5.92 Å². The Kier molecular flexibility index (Phi) is 6.04. The van der Waals surface area contributed by atoms with Gasteiger partial charge in [-0.1, -0.05) is 22.9 Å². The van der Waals surface area contributed by atoms with Gasteiger partial charge in [-0.15, -0.1) is 0 Å². The number of hydrogen-bond donors (Lipinski definition) is 0. The minimum Gasteiger partial charge on any atom is -0.338 e. The number of hydrogen-bond acceptors (Lipinski definition) is 4. The molecule has 1 unspecified atom stereocenters. The predicted molar refractivity (Wildman–Crippen MR) is 82.9 cm³/mol. The van der Waals surface area contributed by atoms with Crippen LogP contribution in [0, 0.1) is 5.92 Å². The Morgan fingerprint density at radius 2 is 1.84 bits per heavy atom. The molecule has 0 aliphatic carbocycles. The Bertz CT molecular complexity index is 352. The summed E-state index contributed by atoms with van der Waals surface area (Å²) in [5, 5.41) is 1.12. The van der Waals surface area contributed by atoms with Crippen molar-refractivity contribution in [3.63, 3.8) is 0 Å². The first-order valence-electron chi connectivity index (χ1n) is 7.10. The van der Waals surface area contributed by atoms with E-state index in [1.165, 1.54) is 19.4 Å². The van der Waals surface area contributed by atoms with Crippen molar-refractivity contribution in [1.29, 1.82) is 0 Å². The predicted octanol–water partition coefficient (Wildman–Crippen LogP) is 2.41. The van der Waals surface area contributed by atoms with E-state index in [0.29, 0.717) is 0 Å². The molecule has 2 rings (SSSR count). The Morgan fingerprint density at radius 1 is 1.16 bits per heavy atom. The van der Waals surface area contributed by atoms with Crippen LogP contribution in [0.5, 0.6) is 0 Å². The molecular formula is C14H23BrN4. The molecule has 0 amide bonds. The van der Waals surface area contributed by atoms with Gasteiger partial charge in [0.05, 0.1) is 0 Å². The maximum atomic E-state index is 4.32. The molecule has 0 aromatic carbocycles. The second kappa shape index (κ2) is 7.80. The van der Waals surface area contributed by atoms with Gasteiger partial charge in [-0.2, -0.15) is 0 Å². The molecule has 0 saturated carbocycles. The fourth-order valence-electron chi connectivity index (χ4n) is 2.36. The molecule has 106 valence electrons. The van der Waals surface area contributed by atoms with E-state index in [4.69, 9.17) is 0 Å². The normalized spacial score (nSPS) is 18.5. The fraction of sp³-hybridized carbons (Fsp3) is 0.714. The number of halogens is 1. The Hall–Kier alpha value is -0.680. The molecule has 0 spiro atoms. The van der Waals surface area contributed by atoms with Crippen LogP contribution >= 0.6 is 15.9 Å². The Morgan fingerprint density at radius 3 is 2.47 bits per heavy atom. The van der Waals surface area contributed by atoms with Crippen molar-refractivity contribution in [3.05, 3.63) is 18.5 Å². The molecule has 1 aromatic heterocycles. The average Bonchev–Trinajstić information content (AvgIpc) is 2.47. The average molecular weight is 327 g/mol. The van der Waals surface area contributed by atoms with Crippen molar-refractivity contribution in [3.8, 4) is 0 Å². The third-order valence-electron chi connectivity index (χ3n) is 3.75. The number of alkyl halides is 1. The van der Waals surface area contributed by atoms with Gasteiger partial charge in [-0.25, -0.2) is 9.97 Å². The lowest BCUT2D eigenvalue weighted by atomic mass is 10.0. The van der Waals surface area contributed by atoms with Gasteiger partial charge in [0.25, 0.3) is 0 Å². The molecule has 2 heterocycles. The van der Waals surface area contributed by atoms with Gasteiger partial charge in [-0.05, 0) is 31.4 Å². The number of rotatable bonds is 6. The van der Waals surface area contributed by atoms with E-state index in [1.54, 1.807) is 0 Å². The topological polar surface area (TPSA) is 32.3 Å². The van der Waals surface area contributed by atoms with Crippen LogP contribution in [-0.4, -0.2) is 52.9 Å². The van der Waals surface area contributed by atoms with Crippen molar-refractivity contribution < 1.29 is 0 Å². The lowest BCUT2D eigenvalue weighted by Gasteiger charge is -2.35. The molecule has 5 heteroatoms. The highest BCUT2D eigenvalue weighted by atomic mass is 79.9. The van der Waals surface area contributed by atoms with Crippen LogP contribution in [0.1, 0.15) is 19.8 Å². The molecule has 1 saturated heterocycles. The summed E-state index contributed by atoms with van der Waals surface area (Å²) in [6, 6.07) is 1.87. The summed E-state index contributed by atoms with van der Waals surface area (Å²) >= 11 is 3.52. The van der Waals surface area contributed by atoms with E-state index >= 15 is 0 Å². The second-order valence-corrected chi connectivity index (χ2v) is 6.04. The van der Waals surface area contributed by atoms with Crippen LogP contribution in [0.4, 0.5) is 5.95 Å². The number of nitrogens with zero attached hydrogens (tertiary/aromatic N) is 4. The molecule has 0 N–H and O–H groups in total. The molecule has 4 nitrogen and oxygen atoms in total. The van der Waals surface area contributed by atoms with Crippen molar-refractivity contribution >= 4 is 21.9 Å². The van der Waals surface area contributed by atoms with Crippen LogP contribution in [0.25, 0.3) is 0 Å². The van der Waals surface area contributed by atoms with Gasteiger partial charge in [0.1, 0.15) is 0 Å². The molecule has 1 aliphatic rings. The fourth-order valence-corrected chi connectivity index (χ4v) is 3.14. The zero-order chi connectivity index (χ0) is 13.5. The largest absolute Gasteiger partial charge is 0.338 e. The highest BCUT2D eigenvalue weighted by Gasteiger charge is 2.18. The van der Waals surface area contributed by atoms with Gasteiger partial charge < -0.3 is 4.90 Å². The molecule has 1 aromatic rings. The van der Waals surface area contributed by atoms with Crippen molar-refractivity contribution in [2.45, 2.75) is 19.8 Å². The van der Waals surface area contributed by atoms with Gasteiger partial charge in [0.15, 0.2) is 0 Å². The summed E-state index contributed by atoms with van der Waals surface area (Å²) in [6.07, 6.45) is 6.21. The van der Waals surface area contributed by atoms with Crippen molar-refractivity contribution in [2.75, 3.05) is 43.0 Å². The quantitative estimate of drug-likeness (QED) is 0.751. The standard InChI is InChI=1S/C14H23BrN4/c1-13(3-5-15)4-8-18-9-11-19(12-10-18)14-16-6-2-7-17-14/h2,6-7,13H,3-5,8-12H2,1H3. The molecule has 0 bridgehead atoms. The maximum Gasteiger partial charge on any atom is 0.225 e. The molecule has 1 atom stereocenters. The summed E-state index contributed by atoms with van der Waals surface area (Å²) in [6.45, 7) is 7.89. The van der Waals surface area contributed by atoms with Gasteiger partial charge in [-0.3, -0.25) is 4.90 Å². The molecule has 0 radical (unpaired) electrons. The summed E-state index contributed by atoms with van der Waals surface area (Å²) in [7, 11) is 0. The second-order valence-electron chi connectivity index (χ2n) is 5.25. The first kappa shape index (κ1) is 14.7. The number of aromatic nitrogens is 2. The van der Waals surface area contributed by atoms with E-state index in [9.17, 15) is 0 Å². The molecular weight excluding hydrogens is 304 g/mol. The zero-order valence-corrected chi connectivity index (χ0v) is 13.2. The zero-order valence-electron chi connectivity index (χ0n) is 11.6. The lowest BCUT2D eigenvalue weighted by molar-refractivity contribution is 0.239. The highest BCUT2D eigenvalue weighted by molar-refractivity contribution is 9.09. The number of piperazine rings is 1. The minimum atomic E-state index is 0.815. The minimum absolute atomic E-state index is 0.815. The summed E-state index contributed by atoms with van der Waals surface area (Å²) in [5.41, 5.74) is 0. The van der Waals surface area contributed by atoms with E-state index in [1.807, 2.05) is 18.5 Å². The Balaban J connectivity index is 1.71. The Labute approximate surface area is 124 Å². The highest BCUT2D eigenvalue weighted by Crippen LogP contribution is 2.13. The third-order valence-corrected chi connectivity index (χ3v) is 4.21. The van der Waals surface area contributed by atoms with E-state index < -0.39 is 0 Å². The maximum absolute atomic E-state index is 4.32. The van der Waals surface area contributed by atoms with E-state index in [2.05, 4.69) is 42.6 Å².